The topological polar surface area (TPSA) is 70.7 Å². The number of amides is 2. The number of carbonyl (C=O) groups excluding carboxylic acids is 2. The Morgan fingerprint density at radius 2 is 1.42 bits per heavy atom. The zero-order chi connectivity index (χ0) is 21.5. The minimum Gasteiger partial charge on any atom is -0.483 e. The van der Waals surface area contributed by atoms with E-state index in [1.165, 1.54) is 18.5 Å². The van der Waals surface area contributed by atoms with Crippen LogP contribution in [0.4, 0.5) is 17.1 Å². The second-order valence-corrected chi connectivity index (χ2v) is 7.39. The summed E-state index contributed by atoms with van der Waals surface area (Å²) in [5.41, 5.74) is 2.95. The van der Waals surface area contributed by atoms with Crippen LogP contribution in [0.3, 0.4) is 0 Å². The summed E-state index contributed by atoms with van der Waals surface area (Å²) in [5, 5.41) is 5.67. The van der Waals surface area contributed by atoms with Crippen LogP contribution in [0.2, 0.25) is 0 Å². The molecule has 1 fully saturated rings. The quantitative estimate of drug-likeness (QED) is 0.594. The van der Waals surface area contributed by atoms with Crippen molar-refractivity contribution in [2.75, 3.05) is 35.2 Å². The Hall–Kier alpha value is -3.80. The summed E-state index contributed by atoms with van der Waals surface area (Å²) >= 11 is 0. The van der Waals surface area contributed by atoms with Gasteiger partial charge in [0.15, 0.2) is 6.61 Å². The van der Waals surface area contributed by atoms with Crippen molar-refractivity contribution in [3.05, 3.63) is 84.4 Å². The minimum absolute atomic E-state index is 0.191. The molecule has 0 aliphatic carbocycles. The van der Waals surface area contributed by atoms with Crippen molar-refractivity contribution in [1.82, 2.24) is 0 Å². The van der Waals surface area contributed by atoms with Crippen molar-refractivity contribution < 1.29 is 14.3 Å². The molecule has 0 atom stereocenters. The summed E-state index contributed by atoms with van der Waals surface area (Å²) in [7, 11) is 0. The van der Waals surface area contributed by atoms with Crippen LogP contribution in [0.1, 0.15) is 23.2 Å². The summed E-state index contributed by atoms with van der Waals surface area (Å²) in [6.45, 7) is 1.97. The molecule has 4 rings (SSSR count). The molecule has 0 radical (unpaired) electrons. The number of hydrogen-bond acceptors (Lipinski definition) is 4. The molecule has 2 amide bonds. The van der Waals surface area contributed by atoms with Gasteiger partial charge in [0.1, 0.15) is 5.75 Å². The van der Waals surface area contributed by atoms with Gasteiger partial charge in [-0.1, -0.05) is 30.3 Å². The van der Waals surface area contributed by atoms with Crippen LogP contribution >= 0.6 is 0 Å². The lowest BCUT2D eigenvalue weighted by atomic mass is 10.2. The molecule has 3 aromatic rings. The van der Waals surface area contributed by atoms with Gasteiger partial charge in [0, 0.05) is 30.2 Å². The first-order valence-electron chi connectivity index (χ1n) is 10.4. The molecule has 1 aliphatic heterocycles. The molecule has 0 bridgehead atoms. The predicted octanol–water partition coefficient (Wildman–Crippen LogP) is 4.56. The first kappa shape index (κ1) is 20.5. The van der Waals surface area contributed by atoms with Crippen molar-refractivity contribution in [2.24, 2.45) is 0 Å². The number of anilines is 3. The lowest BCUT2D eigenvalue weighted by molar-refractivity contribution is -0.118. The average molecular weight is 415 g/mol. The fourth-order valence-corrected chi connectivity index (χ4v) is 3.57. The molecule has 6 nitrogen and oxygen atoms in total. The third kappa shape index (κ3) is 5.42. The molecular formula is C25H25N3O3. The van der Waals surface area contributed by atoms with Crippen LogP contribution in [0.5, 0.6) is 5.75 Å². The Morgan fingerprint density at radius 1 is 0.774 bits per heavy atom. The second-order valence-electron chi connectivity index (χ2n) is 7.39. The van der Waals surface area contributed by atoms with Gasteiger partial charge in [-0.05, 0) is 61.4 Å². The SMILES string of the molecule is O=C(COc1ccccc1C(=O)Nc1ccccc1)Nc1ccc(N2CCCC2)cc1. The summed E-state index contributed by atoms with van der Waals surface area (Å²) in [4.78, 5) is 27.3. The van der Waals surface area contributed by atoms with Crippen LogP contribution in [0.25, 0.3) is 0 Å². The molecule has 1 aliphatic rings. The van der Waals surface area contributed by atoms with E-state index in [0.29, 0.717) is 22.7 Å². The van der Waals surface area contributed by atoms with Gasteiger partial charge in [-0.25, -0.2) is 0 Å². The maximum absolute atomic E-state index is 12.6. The zero-order valence-electron chi connectivity index (χ0n) is 17.2. The van der Waals surface area contributed by atoms with Crippen LogP contribution in [0, 0.1) is 0 Å². The zero-order valence-corrected chi connectivity index (χ0v) is 17.2. The first-order valence-corrected chi connectivity index (χ1v) is 10.4. The highest BCUT2D eigenvalue weighted by molar-refractivity contribution is 6.06. The van der Waals surface area contributed by atoms with E-state index < -0.39 is 0 Å². The Bertz CT molecular complexity index is 1030. The molecule has 0 unspecified atom stereocenters. The van der Waals surface area contributed by atoms with Crippen molar-refractivity contribution in [1.29, 1.82) is 0 Å². The molecular weight excluding hydrogens is 390 g/mol. The molecule has 0 saturated carbocycles. The lowest BCUT2D eigenvalue weighted by Gasteiger charge is -2.17. The number of rotatable bonds is 7. The summed E-state index contributed by atoms with van der Waals surface area (Å²) in [6, 6.07) is 23.9. The number of benzene rings is 3. The van der Waals surface area contributed by atoms with E-state index in [1.807, 2.05) is 54.6 Å². The van der Waals surface area contributed by atoms with E-state index in [9.17, 15) is 9.59 Å². The van der Waals surface area contributed by atoms with Gasteiger partial charge in [-0.15, -0.1) is 0 Å². The van der Waals surface area contributed by atoms with E-state index >= 15 is 0 Å². The fourth-order valence-electron chi connectivity index (χ4n) is 3.57. The van der Waals surface area contributed by atoms with Gasteiger partial charge in [0.25, 0.3) is 11.8 Å². The van der Waals surface area contributed by atoms with Crippen LogP contribution in [-0.4, -0.2) is 31.5 Å². The standard InChI is InChI=1S/C25H25N3O3/c29-24(26-20-12-14-21(15-13-20)28-16-6-7-17-28)18-31-23-11-5-4-10-22(23)25(30)27-19-8-2-1-3-9-19/h1-5,8-15H,6-7,16-18H2,(H,26,29)(H,27,30). The fraction of sp³-hybridized carbons (Fsp3) is 0.200. The van der Waals surface area contributed by atoms with Crippen molar-refractivity contribution in [3.63, 3.8) is 0 Å². The predicted molar refractivity (Wildman–Crippen MR) is 123 cm³/mol. The largest absolute Gasteiger partial charge is 0.483 e. The lowest BCUT2D eigenvalue weighted by Crippen LogP contribution is -2.22. The molecule has 3 aromatic carbocycles. The Labute approximate surface area is 181 Å². The molecule has 6 heteroatoms. The van der Waals surface area contributed by atoms with Gasteiger partial charge in [-0.2, -0.15) is 0 Å². The van der Waals surface area contributed by atoms with Gasteiger partial charge >= 0.3 is 0 Å². The molecule has 0 spiro atoms. The highest BCUT2D eigenvalue weighted by atomic mass is 16.5. The number of nitrogens with one attached hydrogen (secondary N) is 2. The Balaban J connectivity index is 1.33. The smallest absolute Gasteiger partial charge is 0.262 e. The van der Waals surface area contributed by atoms with E-state index in [2.05, 4.69) is 15.5 Å². The molecule has 2 N–H and O–H groups in total. The Kier molecular flexibility index (Phi) is 6.47. The maximum atomic E-state index is 12.6. The van der Waals surface area contributed by atoms with Crippen molar-refractivity contribution in [3.8, 4) is 5.75 Å². The first-order chi connectivity index (χ1) is 15.2. The minimum atomic E-state index is -0.292. The van der Waals surface area contributed by atoms with E-state index in [-0.39, 0.29) is 18.4 Å². The van der Waals surface area contributed by atoms with Crippen LogP contribution in [-0.2, 0) is 4.79 Å². The number of carbonyl (C=O) groups is 2. The van der Waals surface area contributed by atoms with Crippen LogP contribution < -0.4 is 20.3 Å². The highest BCUT2D eigenvalue weighted by Crippen LogP contribution is 2.23. The Morgan fingerprint density at radius 3 is 2.16 bits per heavy atom. The maximum Gasteiger partial charge on any atom is 0.262 e. The molecule has 31 heavy (non-hydrogen) atoms. The van der Waals surface area contributed by atoms with Gasteiger partial charge < -0.3 is 20.3 Å². The summed E-state index contributed by atoms with van der Waals surface area (Å²) in [5.74, 6) is -0.220. The molecule has 1 saturated heterocycles. The number of ether oxygens (including phenoxy) is 1. The third-order valence-electron chi connectivity index (χ3n) is 5.14. The molecule has 158 valence electrons. The van der Waals surface area contributed by atoms with Crippen molar-refractivity contribution >= 4 is 28.9 Å². The molecule has 0 aromatic heterocycles. The number of hydrogen-bond donors (Lipinski definition) is 2. The summed E-state index contributed by atoms with van der Waals surface area (Å²) < 4.78 is 5.65. The average Bonchev–Trinajstić information content (AvgIpc) is 3.34. The second kappa shape index (κ2) is 9.80. The molecule has 1 heterocycles. The normalized spacial score (nSPS) is 13.0. The van der Waals surface area contributed by atoms with Gasteiger partial charge in [0.05, 0.1) is 5.56 Å². The summed E-state index contributed by atoms with van der Waals surface area (Å²) in [6.07, 6.45) is 2.45. The van der Waals surface area contributed by atoms with E-state index in [0.717, 1.165) is 13.1 Å². The van der Waals surface area contributed by atoms with Crippen LogP contribution in [0.15, 0.2) is 78.9 Å². The number of nitrogens with zero attached hydrogens (tertiary/aromatic N) is 1. The van der Waals surface area contributed by atoms with E-state index in [1.54, 1.807) is 24.3 Å². The highest BCUT2D eigenvalue weighted by Gasteiger charge is 2.15. The van der Waals surface area contributed by atoms with Crippen molar-refractivity contribution in [2.45, 2.75) is 12.8 Å². The van der Waals surface area contributed by atoms with Gasteiger partial charge in [-0.3, -0.25) is 9.59 Å². The third-order valence-corrected chi connectivity index (χ3v) is 5.14. The van der Waals surface area contributed by atoms with Gasteiger partial charge in [0.2, 0.25) is 0 Å². The monoisotopic (exact) mass is 415 g/mol. The number of para-hydroxylation sites is 2. The van der Waals surface area contributed by atoms with E-state index in [4.69, 9.17) is 4.74 Å².